The minimum Gasteiger partial charge on any atom is -0.371 e. The number of halogens is 2. The first kappa shape index (κ1) is 20.5. The Morgan fingerprint density at radius 2 is 2.00 bits per heavy atom. The molecule has 0 atom stereocenters. The number of benzene rings is 1. The molecular weight excluding hydrogens is 357 g/mol. The maximum Gasteiger partial charge on any atom is 0.254 e. The lowest BCUT2D eigenvalue weighted by atomic mass is 9.92. The molecule has 7 heteroatoms. The molecule has 1 N–H and O–H groups in total. The zero-order valence-corrected chi connectivity index (χ0v) is 16.2. The van der Waals surface area contributed by atoms with Gasteiger partial charge >= 0.3 is 0 Å². The molecule has 144 valence electrons. The van der Waals surface area contributed by atoms with Gasteiger partial charge in [0.05, 0.1) is 10.6 Å². The third-order valence-corrected chi connectivity index (χ3v) is 5.11. The largest absolute Gasteiger partial charge is 0.371 e. The fourth-order valence-electron chi connectivity index (χ4n) is 3.26. The van der Waals surface area contributed by atoms with E-state index in [1.165, 1.54) is 4.90 Å². The van der Waals surface area contributed by atoms with Gasteiger partial charge in [-0.2, -0.15) is 0 Å². The summed E-state index contributed by atoms with van der Waals surface area (Å²) in [5.41, 5.74) is 1.56. The highest BCUT2D eigenvalue weighted by molar-refractivity contribution is 6.34. The minimum absolute atomic E-state index is 0.0971. The van der Waals surface area contributed by atoms with E-state index >= 15 is 0 Å². The lowest BCUT2D eigenvalue weighted by molar-refractivity contribution is -0.121. The second-order valence-electron chi connectivity index (χ2n) is 6.92. The van der Waals surface area contributed by atoms with E-state index in [9.17, 15) is 14.0 Å². The van der Waals surface area contributed by atoms with Gasteiger partial charge in [-0.15, -0.1) is 0 Å². The second kappa shape index (κ2) is 9.76. The van der Waals surface area contributed by atoms with Gasteiger partial charge in [0.15, 0.2) is 6.67 Å². The Balaban J connectivity index is 1.81. The molecule has 1 heterocycles. The number of hydrogen-bond donors (Lipinski definition) is 1. The van der Waals surface area contributed by atoms with E-state index in [1.807, 2.05) is 12.1 Å². The SMILES string of the molecule is CN(C)C(=O)c1ccc(N2CCC(CCCNC(=O)CF)CC2)cc1Cl. The maximum atomic E-state index is 12.1. The molecule has 2 rings (SSSR count). The number of alkyl halides is 1. The van der Waals surface area contributed by atoms with Gasteiger partial charge in [-0.3, -0.25) is 9.59 Å². The van der Waals surface area contributed by atoms with Crippen LogP contribution in [-0.4, -0.2) is 57.1 Å². The van der Waals surface area contributed by atoms with E-state index in [1.54, 1.807) is 20.2 Å². The summed E-state index contributed by atoms with van der Waals surface area (Å²) < 4.78 is 12.1. The number of carbonyl (C=O) groups is 2. The summed E-state index contributed by atoms with van der Waals surface area (Å²) in [4.78, 5) is 26.7. The predicted octanol–water partition coefficient (Wildman–Crippen LogP) is 3.12. The number of amides is 2. The Hall–Kier alpha value is -1.82. The van der Waals surface area contributed by atoms with E-state index in [2.05, 4.69) is 10.2 Å². The summed E-state index contributed by atoms with van der Waals surface area (Å²) in [5, 5.41) is 3.04. The number of anilines is 1. The van der Waals surface area contributed by atoms with Crippen molar-refractivity contribution in [3.8, 4) is 0 Å². The van der Waals surface area contributed by atoms with Crippen LogP contribution in [-0.2, 0) is 4.79 Å². The quantitative estimate of drug-likeness (QED) is 0.736. The third kappa shape index (κ3) is 5.59. The third-order valence-electron chi connectivity index (χ3n) is 4.80. The smallest absolute Gasteiger partial charge is 0.254 e. The highest BCUT2D eigenvalue weighted by atomic mass is 35.5. The lowest BCUT2D eigenvalue weighted by Gasteiger charge is -2.34. The van der Waals surface area contributed by atoms with Crippen molar-refractivity contribution in [3.63, 3.8) is 0 Å². The molecule has 1 aliphatic rings. The van der Waals surface area contributed by atoms with E-state index < -0.39 is 12.6 Å². The molecule has 0 saturated carbocycles. The molecule has 1 aromatic carbocycles. The Labute approximate surface area is 159 Å². The van der Waals surface area contributed by atoms with E-state index in [0.29, 0.717) is 23.0 Å². The Morgan fingerprint density at radius 3 is 2.58 bits per heavy atom. The van der Waals surface area contributed by atoms with E-state index in [0.717, 1.165) is 44.5 Å². The zero-order valence-electron chi connectivity index (χ0n) is 15.4. The first-order valence-corrected chi connectivity index (χ1v) is 9.39. The molecule has 1 fully saturated rings. The van der Waals surface area contributed by atoms with Crippen molar-refractivity contribution in [3.05, 3.63) is 28.8 Å². The molecule has 5 nitrogen and oxygen atoms in total. The summed E-state index contributed by atoms with van der Waals surface area (Å²) in [6.07, 6.45) is 4.07. The fourth-order valence-corrected chi connectivity index (χ4v) is 3.52. The average molecular weight is 384 g/mol. The summed E-state index contributed by atoms with van der Waals surface area (Å²) in [5.74, 6) is -0.00778. The van der Waals surface area contributed by atoms with Gasteiger partial charge in [0.25, 0.3) is 11.8 Å². The molecule has 0 radical (unpaired) electrons. The normalized spacial score (nSPS) is 15.0. The van der Waals surface area contributed by atoms with E-state index in [4.69, 9.17) is 11.6 Å². The Morgan fingerprint density at radius 1 is 1.31 bits per heavy atom. The fraction of sp³-hybridized carbons (Fsp3) is 0.579. The van der Waals surface area contributed by atoms with Crippen LogP contribution in [0.25, 0.3) is 0 Å². The molecular formula is C19H27ClFN3O2. The zero-order chi connectivity index (χ0) is 19.1. The van der Waals surface area contributed by atoms with Crippen LogP contribution in [0.1, 0.15) is 36.0 Å². The Kier molecular flexibility index (Phi) is 7.69. The van der Waals surface area contributed by atoms with Crippen LogP contribution in [0.5, 0.6) is 0 Å². The van der Waals surface area contributed by atoms with Crippen molar-refractivity contribution >= 4 is 29.1 Å². The molecule has 26 heavy (non-hydrogen) atoms. The number of carbonyl (C=O) groups excluding carboxylic acids is 2. The number of piperidine rings is 1. The van der Waals surface area contributed by atoms with Crippen LogP contribution in [0.2, 0.25) is 5.02 Å². The van der Waals surface area contributed by atoms with Gasteiger partial charge in [0.1, 0.15) is 0 Å². The highest BCUT2D eigenvalue weighted by Crippen LogP contribution is 2.29. The van der Waals surface area contributed by atoms with Gasteiger partial charge in [0, 0.05) is 39.4 Å². The predicted molar refractivity (Wildman–Crippen MR) is 103 cm³/mol. The topological polar surface area (TPSA) is 52.7 Å². The monoisotopic (exact) mass is 383 g/mol. The molecule has 0 aliphatic carbocycles. The summed E-state index contributed by atoms with van der Waals surface area (Å²) >= 11 is 6.30. The van der Waals surface area contributed by atoms with Gasteiger partial charge in [-0.25, -0.2) is 4.39 Å². The second-order valence-corrected chi connectivity index (χ2v) is 7.33. The summed E-state index contributed by atoms with van der Waals surface area (Å²) in [6.45, 7) is 1.48. The lowest BCUT2D eigenvalue weighted by Crippen LogP contribution is -2.34. The molecule has 0 spiro atoms. The van der Waals surface area contributed by atoms with Crippen molar-refractivity contribution < 1.29 is 14.0 Å². The van der Waals surface area contributed by atoms with Crippen LogP contribution in [0, 0.1) is 5.92 Å². The average Bonchev–Trinajstić information content (AvgIpc) is 2.64. The maximum absolute atomic E-state index is 12.1. The van der Waals surface area contributed by atoms with Crippen LogP contribution in [0.3, 0.4) is 0 Å². The number of nitrogens with one attached hydrogen (secondary N) is 1. The van der Waals surface area contributed by atoms with Crippen molar-refractivity contribution in [2.75, 3.05) is 45.3 Å². The summed E-state index contributed by atoms with van der Waals surface area (Å²) in [7, 11) is 3.42. The van der Waals surface area contributed by atoms with Crippen molar-refractivity contribution in [1.29, 1.82) is 0 Å². The number of nitrogens with zero attached hydrogens (tertiary/aromatic N) is 2. The molecule has 0 bridgehead atoms. The van der Waals surface area contributed by atoms with Gasteiger partial charge < -0.3 is 15.1 Å². The van der Waals surface area contributed by atoms with Crippen LogP contribution < -0.4 is 10.2 Å². The minimum atomic E-state index is -0.945. The molecule has 2 amide bonds. The first-order chi connectivity index (χ1) is 12.4. The van der Waals surface area contributed by atoms with Crippen LogP contribution in [0.4, 0.5) is 10.1 Å². The van der Waals surface area contributed by atoms with Gasteiger partial charge in [-0.05, 0) is 49.8 Å². The van der Waals surface area contributed by atoms with Crippen molar-refractivity contribution in [2.24, 2.45) is 5.92 Å². The molecule has 1 aromatic rings. The number of hydrogen-bond acceptors (Lipinski definition) is 3. The van der Waals surface area contributed by atoms with Gasteiger partial charge in [-0.1, -0.05) is 11.6 Å². The van der Waals surface area contributed by atoms with Crippen LogP contribution in [0.15, 0.2) is 18.2 Å². The Bertz CT molecular complexity index is 631. The van der Waals surface area contributed by atoms with Crippen LogP contribution >= 0.6 is 11.6 Å². The molecule has 1 aliphatic heterocycles. The molecule has 0 aromatic heterocycles. The molecule has 0 unspecified atom stereocenters. The number of rotatable bonds is 7. The highest BCUT2D eigenvalue weighted by Gasteiger charge is 2.21. The standard InChI is InChI=1S/C19H27ClFN3O2/c1-23(2)19(26)16-6-5-15(12-17(16)20)24-10-7-14(8-11-24)4-3-9-22-18(25)13-21/h5-6,12,14H,3-4,7-11,13H2,1-2H3,(H,22,25). The van der Waals surface area contributed by atoms with Crippen molar-refractivity contribution in [1.82, 2.24) is 10.2 Å². The first-order valence-electron chi connectivity index (χ1n) is 9.01. The van der Waals surface area contributed by atoms with Gasteiger partial charge in [0.2, 0.25) is 0 Å². The van der Waals surface area contributed by atoms with Crippen molar-refractivity contribution in [2.45, 2.75) is 25.7 Å². The van der Waals surface area contributed by atoms with E-state index in [-0.39, 0.29) is 5.91 Å². The molecule has 1 saturated heterocycles. The summed E-state index contributed by atoms with van der Waals surface area (Å²) in [6, 6.07) is 5.61.